The molecule has 7 heteroatoms. The summed E-state index contributed by atoms with van der Waals surface area (Å²) in [7, 11) is 3.50. The standard InChI is InChI=1S/C18H39N5O.HI/c1-14(2)12-20-18(21-13-17(24)22(7)8)19-10-9-11-23(15(3)4)16(5)6;/h14-16H,9-13H2,1-8H3,(H2,19,20,21);1H. The van der Waals surface area contributed by atoms with Gasteiger partial charge in [-0.3, -0.25) is 9.69 Å². The second kappa shape index (κ2) is 14.6. The van der Waals surface area contributed by atoms with Gasteiger partial charge in [0.2, 0.25) is 5.91 Å². The first-order valence-electron chi connectivity index (χ1n) is 9.13. The van der Waals surface area contributed by atoms with Gasteiger partial charge in [-0.05, 0) is 40.0 Å². The summed E-state index contributed by atoms with van der Waals surface area (Å²) in [5.74, 6) is 1.25. The Hall–Kier alpha value is -0.570. The molecule has 0 radical (unpaired) electrons. The van der Waals surface area contributed by atoms with Gasteiger partial charge >= 0.3 is 0 Å². The minimum Gasteiger partial charge on any atom is -0.356 e. The molecule has 6 nitrogen and oxygen atoms in total. The number of aliphatic imine (C=N–C) groups is 1. The molecule has 0 aliphatic heterocycles. The molecule has 0 aliphatic rings. The quantitative estimate of drug-likeness (QED) is 0.223. The number of hydrogen-bond acceptors (Lipinski definition) is 3. The predicted molar refractivity (Wildman–Crippen MR) is 119 cm³/mol. The molecule has 0 atom stereocenters. The van der Waals surface area contributed by atoms with Crippen LogP contribution >= 0.6 is 24.0 Å². The van der Waals surface area contributed by atoms with Crippen molar-refractivity contribution in [2.45, 2.75) is 60.0 Å². The van der Waals surface area contributed by atoms with Crippen LogP contribution in [0.5, 0.6) is 0 Å². The fourth-order valence-corrected chi connectivity index (χ4v) is 2.34. The molecule has 0 fully saturated rings. The summed E-state index contributed by atoms with van der Waals surface area (Å²) in [6, 6.07) is 1.10. The van der Waals surface area contributed by atoms with E-state index in [1.807, 2.05) is 0 Å². The van der Waals surface area contributed by atoms with Gasteiger partial charge in [-0.2, -0.15) is 0 Å². The molecule has 0 rings (SSSR count). The van der Waals surface area contributed by atoms with Crippen LogP contribution in [0.2, 0.25) is 0 Å². The van der Waals surface area contributed by atoms with Crippen LogP contribution in [0.3, 0.4) is 0 Å². The molecule has 0 spiro atoms. The number of rotatable bonds is 10. The molecule has 0 bridgehead atoms. The molecule has 0 unspecified atom stereocenters. The third-order valence-corrected chi connectivity index (χ3v) is 3.76. The lowest BCUT2D eigenvalue weighted by molar-refractivity contribution is -0.127. The molecule has 0 aromatic carbocycles. The summed E-state index contributed by atoms with van der Waals surface area (Å²) in [5.41, 5.74) is 0. The smallest absolute Gasteiger partial charge is 0.243 e. The summed E-state index contributed by atoms with van der Waals surface area (Å²) < 4.78 is 0. The Kier molecular flexibility index (Phi) is 15.6. The molecule has 0 saturated carbocycles. The first-order valence-corrected chi connectivity index (χ1v) is 9.13. The number of hydrogen-bond donors (Lipinski definition) is 2. The maximum Gasteiger partial charge on any atom is 0.243 e. The Balaban J connectivity index is 0. The summed E-state index contributed by atoms with van der Waals surface area (Å²) >= 11 is 0. The second-order valence-electron chi connectivity index (χ2n) is 7.43. The topological polar surface area (TPSA) is 60.0 Å². The third-order valence-electron chi connectivity index (χ3n) is 3.76. The molecule has 150 valence electrons. The van der Waals surface area contributed by atoms with Gasteiger partial charge in [0.15, 0.2) is 5.96 Å². The minimum atomic E-state index is 0. The van der Waals surface area contributed by atoms with Gasteiger partial charge in [0, 0.05) is 45.8 Å². The number of amides is 1. The van der Waals surface area contributed by atoms with Crippen molar-refractivity contribution < 1.29 is 4.79 Å². The number of likely N-dealkylation sites (N-methyl/N-ethyl adjacent to an activating group) is 1. The van der Waals surface area contributed by atoms with E-state index < -0.39 is 0 Å². The van der Waals surface area contributed by atoms with Crippen LogP contribution in [-0.2, 0) is 4.79 Å². The van der Waals surface area contributed by atoms with Crippen molar-refractivity contribution in [3.8, 4) is 0 Å². The summed E-state index contributed by atoms with van der Waals surface area (Å²) in [6.07, 6.45) is 1.04. The van der Waals surface area contributed by atoms with E-state index in [0.717, 1.165) is 32.0 Å². The van der Waals surface area contributed by atoms with Gasteiger partial charge in [-0.15, -0.1) is 24.0 Å². The Bertz CT molecular complexity index is 376. The van der Waals surface area contributed by atoms with Crippen LogP contribution in [0.15, 0.2) is 4.99 Å². The molecule has 0 saturated heterocycles. The van der Waals surface area contributed by atoms with Gasteiger partial charge in [-0.1, -0.05) is 13.8 Å². The van der Waals surface area contributed by atoms with Gasteiger partial charge in [0.25, 0.3) is 0 Å². The van der Waals surface area contributed by atoms with E-state index in [-0.39, 0.29) is 36.4 Å². The zero-order chi connectivity index (χ0) is 18.7. The molecule has 0 heterocycles. The van der Waals surface area contributed by atoms with Crippen LogP contribution in [-0.4, -0.2) is 74.0 Å². The lowest BCUT2D eigenvalue weighted by atomic mass is 10.2. The normalized spacial score (nSPS) is 11.9. The molecule has 0 aromatic heterocycles. The molecule has 25 heavy (non-hydrogen) atoms. The molecular weight excluding hydrogens is 429 g/mol. The van der Waals surface area contributed by atoms with E-state index >= 15 is 0 Å². The Morgan fingerprint density at radius 3 is 2.00 bits per heavy atom. The van der Waals surface area contributed by atoms with E-state index in [1.54, 1.807) is 19.0 Å². The predicted octanol–water partition coefficient (Wildman–Crippen LogP) is 2.39. The van der Waals surface area contributed by atoms with Crippen LogP contribution < -0.4 is 10.6 Å². The highest BCUT2D eigenvalue weighted by molar-refractivity contribution is 14.0. The van der Waals surface area contributed by atoms with Gasteiger partial charge in [-0.25, -0.2) is 4.99 Å². The van der Waals surface area contributed by atoms with Gasteiger partial charge in [0.1, 0.15) is 6.54 Å². The van der Waals surface area contributed by atoms with Crippen molar-refractivity contribution in [3.05, 3.63) is 0 Å². The number of nitrogens with one attached hydrogen (secondary N) is 2. The van der Waals surface area contributed by atoms with Gasteiger partial charge in [0.05, 0.1) is 0 Å². The summed E-state index contributed by atoms with van der Waals surface area (Å²) in [6.45, 7) is 16.1. The van der Waals surface area contributed by atoms with Crippen LogP contribution in [0.4, 0.5) is 0 Å². The van der Waals surface area contributed by atoms with E-state index in [2.05, 4.69) is 62.1 Å². The van der Waals surface area contributed by atoms with E-state index in [1.165, 1.54) is 0 Å². The van der Waals surface area contributed by atoms with Crippen molar-refractivity contribution in [1.29, 1.82) is 0 Å². The highest BCUT2D eigenvalue weighted by Gasteiger charge is 2.12. The number of nitrogens with zero attached hydrogens (tertiary/aromatic N) is 3. The monoisotopic (exact) mass is 469 g/mol. The Labute approximate surface area is 172 Å². The SMILES string of the molecule is CC(C)CNC(=NCC(=O)N(C)C)NCCCN(C(C)C)C(C)C.I. The first kappa shape index (κ1) is 26.7. The van der Waals surface area contributed by atoms with Crippen molar-refractivity contribution in [1.82, 2.24) is 20.4 Å². The van der Waals surface area contributed by atoms with Crippen molar-refractivity contribution in [3.63, 3.8) is 0 Å². The lowest BCUT2D eigenvalue weighted by Gasteiger charge is -2.30. The van der Waals surface area contributed by atoms with Crippen molar-refractivity contribution in [2.24, 2.45) is 10.9 Å². The van der Waals surface area contributed by atoms with Crippen molar-refractivity contribution >= 4 is 35.8 Å². The molecule has 2 N–H and O–H groups in total. The average Bonchev–Trinajstić information content (AvgIpc) is 2.47. The van der Waals surface area contributed by atoms with Crippen LogP contribution in [0, 0.1) is 5.92 Å². The third kappa shape index (κ3) is 13.3. The zero-order valence-electron chi connectivity index (χ0n) is 17.4. The highest BCUT2D eigenvalue weighted by Crippen LogP contribution is 2.05. The molecule has 1 amide bonds. The fourth-order valence-electron chi connectivity index (χ4n) is 2.34. The zero-order valence-corrected chi connectivity index (χ0v) is 19.8. The highest BCUT2D eigenvalue weighted by atomic mass is 127. The minimum absolute atomic E-state index is 0. The average molecular weight is 469 g/mol. The molecule has 0 aromatic rings. The van der Waals surface area contributed by atoms with E-state index in [0.29, 0.717) is 18.0 Å². The molecule has 0 aliphatic carbocycles. The van der Waals surface area contributed by atoms with E-state index in [4.69, 9.17) is 0 Å². The second-order valence-corrected chi connectivity index (χ2v) is 7.43. The van der Waals surface area contributed by atoms with Crippen molar-refractivity contribution in [2.75, 3.05) is 40.3 Å². The maximum absolute atomic E-state index is 11.7. The van der Waals surface area contributed by atoms with Gasteiger partial charge < -0.3 is 15.5 Å². The number of carbonyl (C=O) groups excluding carboxylic acids is 1. The molecular formula is C18H40IN5O. The first-order chi connectivity index (χ1) is 11.1. The maximum atomic E-state index is 11.7. The van der Waals surface area contributed by atoms with Crippen LogP contribution in [0.1, 0.15) is 48.0 Å². The van der Waals surface area contributed by atoms with Crippen LogP contribution in [0.25, 0.3) is 0 Å². The Morgan fingerprint density at radius 2 is 1.56 bits per heavy atom. The Morgan fingerprint density at radius 1 is 1.00 bits per heavy atom. The number of guanidine groups is 1. The van der Waals surface area contributed by atoms with E-state index in [9.17, 15) is 4.79 Å². The summed E-state index contributed by atoms with van der Waals surface area (Å²) in [4.78, 5) is 20.1. The largest absolute Gasteiger partial charge is 0.356 e. The fraction of sp³-hybridized carbons (Fsp3) is 0.889. The number of halogens is 1. The number of carbonyl (C=O) groups is 1. The summed E-state index contributed by atoms with van der Waals surface area (Å²) in [5, 5.41) is 6.65. The lowest BCUT2D eigenvalue weighted by Crippen LogP contribution is -2.42.